The molecule has 0 aromatic heterocycles. The van der Waals surface area contributed by atoms with Crippen molar-refractivity contribution in [3.05, 3.63) is 23.8 Å². The maximum Gasteiger partial charge on any atom is 0.251 e. The van der Waals surface area contributed by atoms with Crippen LogP contribution in [0.2, 0.25) is 0 Å². The molecule has 7 heteroatoms. The van der Waals surface area contributed by atoms with Gasteiger partial charge in [-0.2, -0.15) is 5.26 Å². The largest absolute Gasteiger partial charge is 0.497 e. The molecule has 146 valence electrons. The highest BCUT2D eigenvalue weighted by atomic mass is 16.5. The molecule has 2 amide bonds. The summed E-state index contributed by atoms with van der Waals surface area (Å²) in [4.78, 5) is 25.1. The van der Waals surface area contributed by atoms with E-state index in [0.29, 0.717) is 17.1 Å². The maximum atomic E-state index is 12.6. The molecule has 0 radical (unpaired) electrons. The average Bonchev–Trinajstić information content (AvgIpc) is 2.72. The normalized spacial score (nSPS) is 15.3. The molecule has 1 aliphatic carbocycles. The lowest BCUT2D eigenvalue weighted by atomic mass is 9.79. The topological polar surface area (TPSA) is 100 Å². The monoisotopic (exact) mass is 373 g/mol. The van der Waals surface area contributed by atoms with E-state index in [9.17, 15) is 9.59 Å². The van der Waals surface area contributed by atoms with Gasteiger partial charge in [0.25, 0.3) is 5.91 Å². The molecule has 0 aliphatic heterocycles. The van der Waals surface area contributed by atoms with Crippen molar-refractivity contribution in [2.45, 2.75) is 32.1 Å². The quantitative estimate of drug-likeness (QED) is 0.681. The molecule has 1 saturated carbocycles. The molecule has 1 fully saturated rings. The summed E-state index contributed by atoms with van der Waals surface area (Å²) in [5.74, 6) is 0.464. The summed E-state index contributed by atoms with van der Waals surface area (Å²) in [6, 6.07) is 6.87. The third kappa shape index (κ3) is 5.88. The van der Waals surface area contributed by atoms with Crippen molar-refractivity contribution in [1.29, 1.82) is 5.26 Å². The molecule has 2 rings (SSSR count). The van der Waals surface area contributed by atoms with Gasteiger partial charge < -0.3 is 20.1 Å². The predicted octanol–water partition coefficient (Wildman–Crippen LogP) is 2.27. The summed E-state index contributed by atoms with van der Waals surface area (Å²) in [7, 11) is 3.05. The minimum absolute atomic E-state index is 0.0247. The number of ether oxygens (including phenoxy) is 2. The molecule has 0 heterocycles. The summed E-state index contributed by atoms with van der Waals surface area (Å²) in [5.41, 5.74) is 0.408. The summed E-state index contributed by atoms with van der Waals surface area (Å²) in [6.45, 7) is 0.212. The molecular formula is C20H27N3O4. The number of benzene rings is 1. The first-order valence-corrected chi connectivity index (χ1v) is 9.25. The first-order chi connectivity index (χ1) is 13.1. The highest BCUT2D eigenvalue weighted by molar-refractivity contribution is 5.95. The number of amides is 2. The van der Waals surface area contributed by atoms with Gasteiger partial charge in [0.1, 0.15) is 18.0 Å². The standard InChI is InChI=1S/C20H27N3O4/c1-26-16-10-15(11-17(12-16)27-2)19(24)23-13-18(20(25)22-9-8-21)14-6-4-3-5-7-14/h10-12,14,18H,3-7,9,13H2,1-2H3,(H,22,25)(H,23,24). The Morgan fingerprint density at radius 3 is 2.30 bits per heavy atom. The molecule has 0 bridgehead atoms. The predicted molar refractivity (Wildman–Crippen MR) is 101 cm³/mol. The van der Waals surface area contributed by atoms with E-state index in [4.69, 9.17) is 14.7 Å². The third-order valence-corrected chi connectivity index (χ3v) is 4.99. The van der Waals surface area contributed by atoms with Gasteiger partial charge in [0.05, 0.1) is 26.2 Å². The molecule has 27 heavy (non-hydrogen) atoms. The molecule has 1 aliphatic rings. The number of carbonyl (C=O) groups excluding carboxylic acids is 2. The number of nitrogens with one attached hydrogen (secondary N) is 2. The Morgan fingerprint density at radius 2 is 1.74 bits per heavy atom. The molecule has 0 saturated heterocycles. The second-order valence-corrected chi connectivity index (χ2v) is 6.69. The summed E-state index contributed by atoms with van der Waals surface area (Å²) >= 11 is 0. The number of hydrogen-bond donors (Lipinski definition) is 2. The second kappa shape index (κ2) is 10.4. The van der Waals surface area contributed by atoms with Crippen LogP contribution < -0.4 is 20.1 Å². The second-order valence-electron chi connectivity index (χ2n) is 6.69. The zero-order valence-electron chi connectivity index (χ0n) is 15.9. The highest BCUT2D eigenvalue weighted by Gasteiger charge is 2.29. The van der Waals surface area contributed by atoms with Crippen LogP contribution in [-0.2, 0) is 4.79 Å². The van der Waals surface area contributed by atoms with Gasteiger partial charge in [0.15, 0.2) is 0 Å². The summed E-state index contributed by atoms with van der Waals surface area (Å²) in [5, 5.41) is 14.2. The van der Waals surface area contributed by atoms with Crippen LogP contribution in [-0.4, -0.2) is 39.1 Å². The van der Waals surface area contributed by atoms with Crippen LogP contribution in [0.5, 0.6) is 11.5 Å². The average molecular weight is 373 g/mol. The molecule has 7 nitrogen and oxygen atoms in total. The van der Waals surface area contributed by atoms with Gasteiger partial charge in [-0.3, -0.25) is 9.59 Å². The van der Waals surface area contributed by atoms with Crippen LogP contribution in [0.25, 0.3) is 0 Å². The molecule has 1 unspecified atom stereocenters. The minimum atomic E-state index is -0.338. The number of rotatable bonds is 8. The first-order valence-electron chi connectivity index (χ1n) is 9.25. The Kier molecular flexibility index (Phi) is 7.93. The summed E-state index contributed by atoms with van der Waals surface area (Å²) in [6.07, 6.45) is 5.29. The van der Waals surface area contributed by atoms with E-state index in [-0.39, 0.29) is 36.7 Å². The van der Waals surface area contributed by atoms with Gasteiger partial charge in [-0.1, -0.05) is 19.3 Å². The van der Waals surface area contributed by atoms with E-state index in [0.717, 1.165) is 25.7 Å². The van der Waals surface area contributed by atoms with Gasteiger partial charge >= 0.3 is 0 Å². The first kappa shape index (κ1) is 20.6. The van der Waals surface area contributed by atoms with E-state index >= 15 is 0 Å². The lowest BCUT2D eigenvalue weighted by Gasteiger charge is -2.29. The van der Waals surface area contributed by atoms with Crippen LogP contribution in [0.1, 0.15) is 42.5 Å². The van der Waals surface area contributed by atoms with Crippen LogP contribution >= 0.6 is 0 Å². The van der Waals surface area contributed by atoms with Crippen molar-refractivity contribution in [3.63, 3.8) is 0 Å². The van der Waals surface area contributed by atoms with Gasteiger partial charge in [0.2, 0.25) is 5.91 Å². The zero-order chi connectivity index (χ0) is 19.6. The SMILES string of the molecule is COc1cc(OC)cc(C(=O)NCC(C(=O)NCC#N)C2CCCCC2)c1. The van der Waals surface area contributed by atoms with Crippen molar-refractivity contribution < 1.29 is 19.1 Å². The van der Waals surface area contributed by atoms with Crippen molar-refractivity contribution in [2.75, 3.05) is 27.3 Å². The molecule has 1 aromatic carbocycles. The van der Waals surface area contributed by atoms with Crippen LogP contribution in [0.4, 0.5) is 0 Å². The Bertz CT molecular complexity index is 671. The number of nitriles is 1. The third-order valence-electron chi connectivity index (χ3n) is 4.99. The van der Waals surface area contributed by atoms with Crippen LogP contribution in [0, 0.1) is 23.2 Å². The number of methoxy groups -OCH3 is 2. The van der Waals surface area contributed by atoms with Gasteiger partial charge in [-0.05, 0) is 30.9 Å². The number of nitrogens with zero attached hydrogens (tertiary/aromatic N) is 1. The Morgan fingerprint density at radius 1 is 1.11 bits per heavy atom. The number of carbonyl (C=O) groups is 2. The van der Waals surface area contributed by atoms with E-state index in [1.54, 1.807) is 18.2 Å². The van der Waals surface area contributed by atoms with Crippen LogP contribution in [0.15, 0.2) is 18.2 Å². The van der Waals surface area contributed by atoms with Gasteiger partial charge in [-0.15, -0.1) is 0 Å². The summed E-state index contributed by atoms with van der Waals surface area (Å²) < 4.78 is 10.4. The fourth-order valence-electron chi connectivity index (χ4n) is 3.51. The highest BCUT2D eigenvalue weighted by Crippen LogP contribution is 2.30. The maximum absolute atomic E-state index is 12.6. The van der Waals surface area contributed by atoms with Crippen molar-refractivity contribution in [2.24, 2.45) is 11.8 Å². The Labute approximate surface area is 160 Å². The smallest absolute Gasteiger partial charge is 0.251 e. The van der Waals surface area contributed by atoms with Gasteiger partial charge in [0, 0.05) is 18.2 Å². The fraction of sp³-hybridized carbons (Fsp3) is 0.550. The molecule has 1 aromatic rings. The lowest BCUT2D eigenvalue weighted by molar-refractivity contribution is -0.126. The van der Waals surface area contributed by atoms with Gasteiger partial charge in [-0.25, -0.2) is 0 Å². The molecule has 0 spiro atoms. The molecule has 2 N–H and O–H groups in total. The van der Waals surface area contributed by atoms with Crippen LogP contribution in [0.3, 0.4) is 0 Å². The fourth-order valence-corrected chi connectivity index (χ4v) is 3.51. The Hall–Kier alpha value is -2.75. The molecule has 1 atom stereocenters. The minimum Gasteiger partial charge on any atom is -0.497 e. The number of hydrogen-bond acceptors (Lipinski definition) is 5. The van der Waals surface area contributed by atoms with Crippen molar-refractivity contribution in [1.82, 2.24) is 10.6 Å². The van der Waals surface area contributed by atoms with E-state index < -0.39 is 0 Å². The lowest BCUT2D eigenvalue weighted by Crippen LogP contribution is -2.43. The van der Waals surface area contributed by atoms with E-state index in [1.165, 1.54) is 20.6 Å². The zero-order valence-corrected chi connectivity index (χ0v) is 15.9. The molecular weight excluding hydrogens is 346 g/mol. The van der Waals surface area contributed by atoms with E-state index in [2.05, 4.69) is 10.6 Å². The van der Waals surface area contributed by atoms with Crippen molar-refractivity contribution >= 4 is 11.8 Å². The van der Waals surface area contributed by atoms with E-state index in [1.807, 2.05) is 6.07 Å². The van der Waals surface area contributed by atoms with Crippen molar-refractivity contribution in [3.8, 4) is 17.6 Å². The Balaban J connectivity index is 2.07.